The lowest BCUT2D eigenvalue weighted by Crippen LogP contribution is -2.49. The number of methoxy groups -OCH3 is 3. The van der Waals surface area contributed by atoms with Crippen LogP contribution in [0.3, 0.4) is 0 Å². The highest BCUT2D eigenvalue weighted by Gasteiger charge is 2.41. The van der Waals surface area contributed by atoms with Crippen LogP contribution in [0.25, 0.3) is 0 Å². The van der Waals surface area contributed by atoms with Gasteiger partial charge in [-0.1, -0.05) is 25.5 Å². The highest BCUT2D eigenvalue weighted by atomic mass is 32.1. The van der Waals surface area contributed by atoms with Gasteiger partial charge in [-0.25, -0.2) is 0 Å². The third-order valence-corrected chi connectivity index (χ3v) is 10.2. The van der Waals surface area contributed by atoms with Gasteiger partial charge in [-0.2, -0.15) is 0 Å². The van der Waals surface area contributed by atoms with Gasteiger partial charge in [-0.3, -0.25) is 4.90 Å². The van der Waals surface area contributed by atoms with Crippen molar-refractivity contribution in [1.82, 2.24) is 15.1 Å². The lowest BCUT2D eigenvalue weighted by molar-refractivity contribution is 0.0378. The van der Waals surface area contributed by atoms with Crippen molar-refractivity contribution in [2.75, 3.05) is 54.1 Å². The predicted octanol–water partition coefficient (Wildman–Crippen LogP) is 5.78. The summed E-state index contributed by atoms with van der Waals surface area (Å²) in [6.45, 7) is 11.5. The molecule has 3 aliphatic rings. The normalized spacial score (nSPS) is 24.1. The molecule has 0 bridgehead atoms. The van der Waals surface area contributed by atoms with Gasteiger partial charge in [0.1, 0.15) is 0 Å². The summed E-state index contributed by atoms with van der Waals surface area (Å²) in [5.41, 5.74) is 8.63. The molecule has 0 radical (unpaired) electrons. The first-order chi connectivity index (χ1) is 19.4. The van der Waals surface area contributed by atoms with Gasteiger partial charge in [0.25, 0.3) is 0 Å². The standard InChI is InChI=1S/C33H47N3O3S/c1-7-23-20-35-11-8-24-14-21(2)22(3)15-27(24)29(35)16-26(23)17-30-28-19-32(39-6)31(38-5)18-25(28)9-12-36(30)33(40)34-10-13-37-4/h14-15,18-19,23,26,29-30H,7-13,16-17,20H2,1-6H3,(H,34,40). The van der Waals surface area contributed by atoms with E-state index in [1.165, 1.54) is 54.6 Å². The maximum atomic E-state index is 6.00. The molecule has 6 nitrogen and oxygen atoms in total. The van der Waals surface area contributed by atoms with Crippen molar-refractivity contribution in [3.05, 3.63) is 57.6 Å². The van der Waals surface area contributed by atoms with E-state index >= 15 is 0 Å². The Kier molecular flexibility index (Phi) is 9.23. The lowest BCUT2D eigenvalue weighted by atomic mass is 9.72. The molecule has 3 aliphatic heterocycles. The second-order valence-corrected chi connectivity index (χ2v) is 12.3. The highest BCUT2D eigenvalue weighted by molar-refractivity contribution is 7.80. The van der Waals surface area contributed by atoms with E-state index in [0.29, 0.717) is 31.0 Å². The molecule has 4 unspecified atom stereocenters. The third-order valence-electron chi connectivity index (χ3n) is 9.78. The van der Waals surface area contributed by atoms with Gasteiger partial charge in [-0.05, 0) is 109 Å². The molecule has 4 atom stereocenters. The number of hydrogen-bond acceptors (Lipinski definition) is 5. The second-order valence-electron chi connectivity index (χ2n) is 11.9. The molecule has 0 aliphatic carbocycles. The molecule has 2 aromatic rings. The largest absolute Gasteiger partial charge is 0.493 e. The smallest absolute Gasteiger partial charge is 0.169 e. The molecule has 5 rings (SSSR count). The van der Waals surface area contributed by atoms with E-state index in [0.717, 1.165) is 36.0 Å². The lowest BCUT2D eigenvalue weighted by Gasteiger charge is -2.49. The predicted molar refractivity (Wildman–Crippen MR) is 166 cm³/mol. The number of hydrogen-bond donors (Lipinski definition) is 1. The van der Waals surface area contributed by atoms with E-state index in [2.05, 4.69) is 60.2 Å². The molecule has 1 N–H and O–H groups in total. The van der Waals surface area contributed by atoms with E-state index in [1.807, 2.05) is 0 Å². The van der Waals surface area contributed by atoms with Crippen LogP contribution in [0.5, 0.6) is 11.5 Å². The molecule has 7 heteroatoms. The maximum absolute atomic E-state index is 6.00. The van der Waals surface area contributed by atoms with Crippen molar-refractivity contribution in [1.29, 1.82) is 0 Å². The van der Waals surface area contributed by atoms with Crippen molar-refractivity contribution in [3.63, 3.8) is 0 Å². The van der Waals surface area contributed by atoms with Gasteiger partial charge in [0.05, 0.1) is 26.9 Å². The minimum atomic E-state index is 0.194. The molecule has 1 fully saturated rings. The number of benzene rings is 2. The first kappa shape index (κ1) is 29.2. The van der Waals surface area contributed by atoms with Crippen LogP contribution >= 0.6 is 12.2 Å². The van der Waals surface area contributed by atoms with Gasteiger partial charge >= 0.3 is 0 Å². The number of ether oxygens (including phenoxy) is 3. The number of fused-ring (bicyclic) bond motifs is 4. The first-order valence-corrected chi connectivity index (χ1v) is 15.4. The second kappa shape index (κ2) is 12.7. The molecule has 40 heavy (non-hydrogen) atoms. The number of nitrogens with one attached hydrogen (secondary N) is 1. The van der Waals surface area contributed by atoms with E-state index in [9.17, 15) is 0 Å². The minimum absolute atomic E-state index is 0.194. The number of rotatable bonds is 8. The minimum Gasteiger partial charge on any atom is -0.493 e. The topological polar surface area (TPSA) is 46.2 Å². The molecular formula is C33H47N3O3S. The summed E-state index contributed by atoms with van der Waals surface area (Å²) in [4.78, 5) is 5.21. The Morgan fingerprint density at radius 2 is 1.62 bits per heavy atom. The number of aryl methyl sites for hydroxylation is 2. The van der Waals surface area contributed by atoms with Gasteiger partial charge in [-0.15, -0.1) is 0 Å². The molecule has 2 aromatic carbocycles. The molecular weight excluding hydrogens is 518 g/mol. The van der Waals surface area contributed by atoms with Gasteiger partial charge in [0.15, 0.2) is 16.6 Å². The molecule has 3 heterocycles. The Balaban J connectivity index is 1.48. The highest BCUT2D eigenvalue weighted by Crippen LogP contribution is 2.48. The van der Waals surface area contributed by atoms with Crippen molar-refractivity contribution < 1.29 is 14.2 Å². The average Bonchev–Trinajstić information content (AvgIpc) is 2.97. The molecule has 0 amide bonds. The number of thiocarbonyl (C=S) groups is 1. The average molecular weight is 566 g/mol. The van der Waals surface area contributed by atoms with Crippen LogP contribution in [0.15, 0.2) is 24.3 Å². The maximum Gasteiger partial charge on any atom is 0.169 e. The third kappa shape index (κ3) is 5.70. The van der Waals surface area contributed by atoms with Crippen molar-refractivity contribution in [2.24, 2.45) is 11.8 Å². The van der Waals surface area contributed by atoms with Crippen LogP contribution in [0.2, 0.25) is 0 Å². The monoisotopic (exact) mass is 565 g/mol. The zero-order valence-electron chi connectivity index (χ0n) is 25.2. The summed E-state index contributed by atoms with van der Waals surface area (Å²) in [6, 6.07) is 10.0. The zero-order valence-corrected chi connectivity index (χ0v) is 26.0. The van der Waals surface area contributed by atoms with E-state index in [1.54, 1.807) is 32.5 Å². The van der Waals surface area contributed by atoms with Crippen LogP contribution in [-0.4, -0.2) is 69.0 Å². The molecule has 1 saturated heterocycles. The van der Waals surface area contributed by atoms with Crippen LogP contribution < -0.4 is 14.8 Å². The Morgan fingerprint density at radius 1 is 0.925 bits per heavy atom. The molecule has 0 spiro atoms. The van der Waals surface area contributed by atoms with E-state index in [4.69, 9.17) is 26.4 Å². The van der Waals surface area contributed by atoms with Crippen molar-refractivity contribution in [2.45, 2.75) is 65.0 Å². The van der Waals surface area contributed by atoms with Crippen LogP contribution in [0.1, 0.15) is 71.7 Å². The zero-order chi connectivity index (χ0) is 28.4. The Bertz CT molecular complexity index is 1220. The SMILES string of the molecule is CCC1CN2CCc3cc(C)c(C)cc3C2CC1CC1c2cc(OC)c(OC)cc2CCN1C(=S)NCCOC. The summed E-state index contributed by atoms with van der Waals surface area (Å²) >= 11 is 6.00. The first-order valence-electron chi connectivity index (χ1n) is 15.0. The Labute approximate surface area is 246 Å². The van der Waals surface area contributed by atoms with Crippen LogP contribution in [-0.2, 0) is 17.6 Å². The van der Waals surface area contributed by atoms with E-state index in [-0.39, 0.29) is 6.04 Å². The summed E-state index contributed by atoms with van der Waals surface area (Å²) in [7, 11) is 5.17. The molecule has 218 valence electrons. The molecule has 0 saturated carbocycles. The van der Waals surface area contributed by atoms with Crippen LogP contribution in [0.4, 0.5) is 0 Å². The van der Waals surface area contributed by atoms with Crippen molar-refractivity contribution in [3.8, 4) is 11.5 Å². The summed E-state index contributed by atoms with van der Waals surface area (Å²) < 4.78 is 16.7. The fourth-order valence-corrected chi connectivity index (χ4v) is 7.71. The van der Waals surface area contributed by atoms with Crippen LogP contribution in [0, 0.1) is 25.7 Å². The summed E-state index contributed by atoms with van der Waals surface area (Å²) in [5.74, 6) is 2.87. The van der Waals surface area contributed by atoms with Crippen molar-refractivity contribution >= 4 is 17.3 Å². The van der Waals surface area contributed by atoms with Gasteiger partial charge in [0.2, 0.25) is 0 Å². The van der Waals surface area contributed by atoms with Gasteiger partial charge < -0.3 is 24.4 Å². The Morgan fingerprint density at radius 3 is 2.35 bits per heavy atom. The van der Waals surface area contributed by atoms with E-state index < -0.39 is 0 Å². The van der Waals surface area contributed by atoms with Gasteiger partial charge in [0, 0.05) is 39.3 Å². The summed E-state index contributed by atoms with van der Waals surface area (Å²) in [6.07, 6.45) is 5.58. The fraction of sp³-hybridized carbons (Fsp3) is 0.606. The summed E-state index contributed by atoms with van der Waals surface area (Å²) in [5, 5.41) is 4.29. The molecule has 0 aromatic heterocycles. The number of nitrogens with zero attached hydrogens (tertiary/aromatic N) is 2. The fourth-order valence-electron chi connectivity index (χ4n) is 7.39. The number of piperidine rings is 1. The quantitative estimate of drug-likeness (QED) is 0.322. The Hall–Kier alpha value is -2.35.